The number of hydrogen-bond acceptors (Lipinski definition) is 3. The van der Waals surface area contributed by atoms with E-state index in [1.165, 1.54) is 11.1 Å². The van der Waals surface area contributed by atoms with Crippen molar-refractivity contribution < 1.29 is 0 Å². The maximum atomic E-state index is 6.21. The first kappa shape index (κ1) is 14.5. The zero-order valence-electron chi connectivity index (χ0n) is 12.3. The quantitative estimate of drug-likeness (QED) is 0.443. The van der Waals surface area contributed by atoms with Gasteiger partial charge in [0, 0.05) is 10.9 Å². The zero-order valence-corrected chi connectivity index (χ0v) is 13.0. The molecule has 3 rings (SSSR count). The Morgan fingerprint density at radius 2 is 1.95 bits per heavy atom. The first-order valence-electron chi connectivity index (χ1n) is 7.09. The fourth-order valence-corrected chi connectivity index (χ4v) is 2.42. The van der Waals surface area contributed by atoms with Gasteiger partial charge in [0.15, 0.2) is 0 Å². The van der Waals surface area contributed by atoms with Crippen LogP contribution < -0.4 is 5.43 Å². The maximum absolute atomic E-state index is 6.21. The van der Waals surface area contributed by atoms with E-state index in [4.69, 9.17) is 11.6 Å². The second kappa shape index (κ2) is 6.58. The van der Waals surface area contributed by atoms with Gasteiger partial charge in [-0.25, -0.2) is 4.98 Å². The molecule has 0 atom stereocenters. The van der Waals surface area contributed by atoms with Crippen molar-refractivity contribution in [3.63, 3.8) is 0 Å². The molecule has 0 fully saturated rings. The molecule has 3 aromatic rings. The Labute approximate surface area is 134 Å². The molecule has 1 aromatic heterocycles. The third kappa shape index (κ3) is 3.43. The van der Waals surface area contributed by atoms with E-state index in [1.807, 2.05) is 36.4 Å². The van der Waals surface area contributed by atoms with Gasteiger partial charge in [0.25, 0.3) is 0 Å². The number of aryl methyl sites for hydroxylation is 1. The van der Waals surface area contributed by atoms with Crippen LogP contribution in [0.4, 0.5) is 0 Å². The Hall–Kier alpha value is -2.39. The summed E-state index contributed by atoms with van der Waals surface area (Å²) in [6.45, 7) is 2.73. The summed E-state index contributed by atoms with van der Waals surface area (Å²) < 4.78 is 0. The molecule has 0 aliphatic rings. The molecule has 0 aliphatic carbocycles. The van der Waals surface area contributed by atoms with Crippen LogP contribution in [0.1, 0.15) is 16.7 Å². The summed E-state index contributed by atoms with van der Waals surface area (Å²) in [7, 11) is 0. The van der Waals surface area contributed by atoms with Crippen LogP contribution in [0.3, 0.4) is 0 Å². The van der Waals surface area contributed by atoms with Gasteiger partial charge in [-0.3, -0.25) is 0 Å². The summed E-state index contributed by atoms with van der Waals surface area (Å²) in [5.74, 6) is 0. The smallest absolute Gasteiger partial charge is 0.138 e. The Morgan fingerprint density at radius 3 is 2.77 bits per heavy atom. The molecule has 0 bridgehead atoms. The zero-order chi connectivity index (χ0) is 15.4. The summed E-state index contributed by atoms with van der Waals surface area (Å²) in [4.78, 5) is 4.40. The molecule has 0 unspecified atom stereocenters. The lowest BCUT2D eigenvalue weighted by molar-refractivity contribution is 0.748. The average Bonchev–Trinajstić information content (AvgIpc) is 2.53. The van der Waals surface area contributed by atoms with E-state index in [-0.39, 0.29) is 0 Å². The summed E-state index contributed by atoms with van der Waals surface area (Å²) in [5, 5.41) is 5.75. The number of rotatable bonds is 4. The van der Waals surface area contributed by atoms with Gasteiger partial charge in [-0.2, -0.15) is 5.10 Å². The summed E-state index contributed by atoms with van der Waals surface area (Å²) in [6.07, 6.45) is 1.71. The molecule has 0 aliphatic heterocycles. The van der Waals surface area contributed by atoms with Crippen molar-refractivity contribution in [3.05, 3.63) is 76.4 Å². The molecule has 0 saturated carbocycles. The largest absolute Gasteiger partial charge is 0.306 e. The topological polar surface area (TPSA) is 37.3 Å². The summed E-state index contributed by atoms with van der Waals surface area (Å²) in [6, 6.07) is 18.2. The fourth-order valence-electron chi connectivity index (χ4n) is 2.23. The molecule has 1 heterocycles. The number of aromatic nitrogens is 1. The molecular weight excluding hydrogens is 294 g/mol. The van der Waals surface area contributed by atoms with Crippen molar-refractivity contribution in [3.8, 4) is 0 Å². The molecule has 4 heteroatoms. The Balaban J connectivity index is 1.75. The van der Waals surface area contributed by atoms with Crippen molar-refractivity contribution in [1.82, 2.24) is 10.4 Å². The van der Waals surface area contributed by atoms with Crippen molar-refractivity contribution in [2.45, 2.75) is 13.5 Å². The molecule has 0 amide bonds. The number of nitrogens with zero attached hydrogens (tertiary/aromatic N) is 2. The molecule has 0 saturated heterocycles. The van der Waals surface area contributed by atoms with Crippen LogP contribution in [-0.2, 0) is 6.54 Å². The summed E-state index contributed by atoms with van der Waals surface area (Å²) in [5.41, 5.74) is 7.09. The minimum atomic E-state index is 0.460. The van der Waals surface area contributed by atoms with Crippen molar-refractivity contribution in [2.24, 2.45) is 5.10 Å². The van der Waals surface area contributed by atoms with Gasteiger partial charge >= 0.3 is 0 Å². The van der Waals surface area contributed by atoms with Gasteiger partial charge in [-0.05, 0) is 30.7 Å². The molecule has 1 N–H and O–H groups in total. The van der Waals surface area contributed by atoms with Gasteiger partial charge < -0.3 is 5.43 Å². The molecule has 2 aromatic carbocycles. The van der Waals surface area contributed by atoms with Crippen molar-refractivity contribution >= 4 is 28.7 Å². The van der Waals surface area contributed by atoms with Gasteiger partial charge in [-0.1, -0.05) is 53.6 Å². The third-order valence-electron chi connectivity index (χ3n) is 3.37. The Bertz CT molecular complexity index is 813. The van der Waals surface area contributed by atoms with E-state index >= 15 is 0 Å². The minimum Gasteiger partial charge on any atom is -0.306 e. The third-order valence-corrected chi connectivity index (χ3v) is 3.67. The molecule has 110 valence electrons. The predicted molar refractivity (Wildman–Crippen MR) is 92.4 cm³/mol. The number of benzene rings is 2. The lowest BCUT2D eigenvalue weighted by atomic mass is 10.1. The van der Waals surface area contributed by atoms with E-state index in [1.54, 1.807) is 6.21 Å². The van der Waals surface area contributed by atoms with Crippen molar-refractivity contribution in [1.29, 1.82) is 0 Å². The van der Waals surface area contributed by atoms with Crippen LogP contribution in [0, 0.1) is 6.92 Å². The highest BCUT2D eigenvalue weighted by molar-refractivity contribution is 6.32. The van der Waals surface area contributed by atoms with Crippen LogP contribution in [0.5, 0.6) is 0 Å². The van der Waals surface area contributed by atoms with Gasteiger partial charge in [0.1, 0.15) is 5.15 Å². The monoisotopic (exact) mass is 309 g/mol. The standard InChI is InChI=1S/C18H16ClN3/c1-13-7-8-17-15(9-13)10-16(18(19)22-17)12-21-20-11-14-5-3-2-4-6-14/h2-10,12,20H,11H2,1H3/b21-12+. The van der Waals surface area contributed by atoms with Gasteiger partial charge in [-0.15, -0.1) is 0 Å². The maximum Gasteiger partial charge on any atom is 0.138 e. The number of pyridine rings is 1. The Morgan fingerprint density at radius 1 is 1.14 bits per heavy atom. The van der Waals surface area contributed by atoms with E-state index in [0.29, 0.717) is 11.7 Å². The van der Waals surface area contributed by atoms with Crippen LogP contribution in [0.2, 0.25) is 5.15 Å². The second-order valence-corrected chi connectivity index (χ2v) is 5.50. The lowest BCUT2D eigenvalue weighted by Gasteiger charge is -2.04. The number of fused-ring (bicyclic) bond motifs is 1. The first-order valence-corrected chi connectivity index (χ1v) is 7.47. The number of nitrogens with one attached hydrogen (secondary N) is 1. The Kier molecular flexibility index (Phi) is 4.35. The minimum absolute atomic E-state index is 0.460. The van der Waals surface area contributed by atoms with Crippen LogP contribution in [-0.4, -0.2) is 11.2 Å². The molecule has 0 radical (unpaired) electrons. The van der Waals surface area contributed by atoms with E-state index in [2.05, 4.69) is 40.6 Å². The van der Waals surface area contributed by atoms with Gasteiger partial charge in [0.05, 0.1) is 18.3 Å². The SMILES string of the molecule is Cc1ccc2nc(Cl)c(/C=N/NCc3ccccc3)cc2c1. The first-order chi connectivity index (χ1) is 10.7. The number of hydrogen-bond donors (Lipinski definition) is 1. The fraction of sp³-hybridized carbons (Fsp3) is 0.111. The highest BCUT2D eigenvalue weighted by atomic mass is 35.5. The van der Waals surface area contributed by atoms with E-state index in [0.717, 1.165) is 16.5 Å². The van der Waals surface area contributed by atoms with E-state index in [9.17, 15) is 0 Å². The highest BCUT2D eigenvalue weighted by Crippen LogP contribution is 2.20. The summed E-state index contributed by atoms with van der Waals surface area (Å²) >= 11 is 6.21. The number of hydrazone groups is 1. The predicted octanol–water partition coefficient (Wildman–Crippen LogP) is 4.32. The molecule has 22 heavy (non-hydrogen) atoms. The van der Waals surface area contributed by atoms with Gasteiger partial charge in [0.2, 0.25) is 0 Å². The molecule has 3 nitrogen and oxygen atoms in total. The normalized spacial score (nSPS) is 11.2. The highest BCUT2D eigenvalue weighted by Gasteiger charge is 2.03. The lowest BCUT2D eigenvalue weighted by Crippen LogP contribution is -2.05. The second-order valence-electron chi connectivity index (χ2n) is 5.14. The van der Waals surface area contributed by atoms with Crippen LogP contribution >= 0.6 is 11.6 Å². The molecule has 0 spiro atoms. The van der Waals surface area contributed by atoms with Crippen LogP contribution in [0.15, 0.2) is 59.7 Å². The van der Waals surface area contributed by atoms with Crippen molar-refractivity contribution in [2.75, 3.05) is 0 Å². The van der Waals surface area contributed by atoms with E-state index < -0.39 is 0 Å². The number of halogens is 1. The van der Waals surface area contributed by atoms with Crippen LogP contribution in [0.25, 0.3) is 10.9 Å². The average molecular weight is 310 g/mol. The molecular formula is C18H16ClN3.